The van der Waals surface area contributed by atoms with Gasteiger partial charge in [0, 0.05) is 31.6 Å². The van der Waals surface area contributed by atoms with Gasteiger partial charge in [-0.3, -0.25) is 9.69 Å². The van der Waals surface area contributed by atoms with Crippen LogP contribution in [0.25, 0.3) is 0 Å². The van der Waals surface area contributed by atoms with E-state index in [1.807, 2.05) is 50.2 Å². The summed E-state index contributed by atoms with van der Waals surface area (Å²) < 4.78 is 5.65. The average Bonchev–Trinajstić information content (AvgIpc) is 3.06. The molecule has 0 aliphatic carbocycles. The van der Waals surface area contributed by atoms with Crippen molar-refractivity contribution >= 4 is 5.91 Å². The number of carbonyl (C=O) groups is 1. The lowest BCUT2D eigenvalue weighted by Gasteiger charge is -2.16. The molecule has 0 aromatic heterocycles. The first-order valence-corrected chi connectivity index (χ1v) is 10.00. The zero-order valence-corrected chi connectivity index (χ0v) is 16.8. The maximum Gasteiger partial charge on any atom is 0.234 e. The van der Waals surface area contributed by atoms with Crippen LogP contribution in [0.15, 0.2) is 54.6 Å². The van der Waals surface area contributed by atoms with Crippen LogP contribution in [0.2, 0.25) is 0 Å². The Morgan fingerprint density at radius 2 is 1.89 bits per heavy atom. The second kappa shape index (κ2) is 9.82. The van der Waals surface area contributed by atoms with Gasteiger partial charge in [0.25, 0.3) is 0 Å². The van der Waals surface area contributed by atoms with Crippen molar-refractivity contribution in [3.8, 4) is 0 Å². The van der Waals surface area contributed by atoms with Gasteiger partial charge in [0.05, 0.1) is 19.3 Å². The Hall–Kier alpha value is -2.21. The summed E-state index contributed by atoms with van der Waals surface area (Å²) in [6.07, 6.45) is 0.204. The van der Waals surface area contributed by atoms with Crippen LogP contribution in [0.4, 0.5) is 0 Å². The maximum atomic E-state index is 12.4. The second-order valence-corrected chi connectivity index (χ2v) is 7.83. The Labute approximate surface area is 167 Å². The van der Waals surface area contributed by atoms with Crippen molar-refractivity contribution < 1.29 is 9.53 Å². The molecule has 3 rings (SSSR count). The highest BCUT2D eigenvalue weighted by Gasteiger charge is 2.31. The van der Waals surface area contributed by atoms with Gasteiger partial charge in [-0.1, -0.05) is 54.6 Å². The van der Waals surface area contributed by atoms with E-state index in [4.69, 9.17) is 10.5 Å². The molecule has 5 heteroatoms. The molecule has 5 nitrogen and oxygen atoms in total. The fourth-order valence-corrected chi connectivity index (χ4v) is 3.65. The number of carbonyl (C=O) groups excluding carboxylic acids is 1. The minimum absolute atomic E-state index is 0.0322. The number of likely N-dealkylation sites (tertiary alicyclic amines) is 1. The normalized spacial score (nSPS) is 19.9. The molecule has 0 bridgehead atoms. The topological polar surface area (TPSA) is 67.6 Å². The monoisotopic (exact) mass is 381 g/mol. The Kier molecular flexibility index (Phi) is 7.20. The molecule has 0 saturated carbocycles. The zero-order chi connectivity index (χ0) is 19.9. The van der Waals surface area contributed by atoms with E-state index in [1.165, 1.54) is 5.56 Å². The van der Waals surface area contributed by atoms with E-state index < -0.39 is 0 Å². The molecule has 1 saturated heterocycles. The number of benzene rings is 2. The van der Waals surface area contributed by atoms with Crippen molar-refractivity contribution in [2.24, 2.45) is 5.73 Å². The molecule has 1 heterocycles. The number of hydrogen-bond donors (Lipinski definition) is 2. The summed E-state index contributed by atoms with van der Waals surface area (Å²) in [4.78, 5) is 14.5. The first-order valence-electron chi connectivity index (χ1n) is 10.00. The van der Waals surface area contributed by atoms with Crippen molar-refractivity contribution in [1.82, 2.24) is 10.2 Å². The van der Waals surface area contributed by atoms with Gasteiger partial charge in [-0.15, -0.1) is 0 Å². The zero-order valence-electron chi connectivity index (χ0n) is 16.8. The van der Waals surface area contributed by atoms with Crippen molar-refractivity contribution in [2.75, 3.05) is 19.6 Å². The molecule has 3 N–H and O–H groups in total. The molecule has 1 amide bonds. The first kappa shape index (κ1) is 20.5. The lowest BCUT2D eigenvalue weighted by Crippen LogP contribution is -2.37. The van der Waals surface area contributed by atoms with Gasteiger partial charge in [0.2, 0.25) is 5.91 Å². The highest BCUT2D eigenvalue weighted by atomic mass is 16.5. The predicted octanol–water partition coefficient (Wildman–Crippen LogP) is 2.65. The summed E-state index contributed by atoms with van der Waals surface area (Å²) in [7, 11) is 0. The number of amides is 1. The largest absolute Gasteiger partial charge is 0.374 e. The SMILES string of the molecule is CC(C)OCc1cccc(CNC(=O)CN2C[C@@H](N)[C@H](c3ccccc3)C2)c1. The van der Waals surface area contributed by atoms with Crippen molar-refractivity contribution in [3.63, 3.8) is 0 Å². The fraction of sp³-hybridized carbons (Fsp3) is 0.435. The minimum Gasteiger partial charge on any atom is -0.374 e. The summed E-state index contributed by atoms with van der Waals surface area (Å²) in [5.41, 5.74) is 9.78. The van der Waals surface area contributed by atoms with Crippen LogP contribution in [-0.2, 0) is 22.7 Å². The smallest absolute Gasteiger partial charge is 0.234 e. The fourth-order valence-electron chi connectivity index (χ4n) is 3.65. The summed E-state index contributed by atoms with van der Waals surface area (Å²) in [5.74, 6) is 0.316. The molecule has 2 atom stereocenters. The molecule has 2 aromatic rings. The van der Waals surface area contributed by atoms with Crippen LogP contribution in [-0.4, -0.2) is 42.6 Å². The van der Waals surface area contributed by atoms with E-state index >= 15 is 0 Å². The Bertz CT molecular complexity index is 763. The molecule has 28 heavy (non-hydrogen) atoms. The second-order valence-electron chi connectivity index (χ2n) is 7.83. The van der Waals surface area contributed by atoms with E-state index in [0.717, 1.165) is 24.2 Å². The number of hydrogen-bond acceptors (Lipinski definition) is 4. The van der Waals surface area contributed by atoms with E-state index in [1.54, 1.807) is 0 Å². The molecule has 1 aliphatic rings. The van der Waals surface area contributed by atoms with Gasteiger partial charge >= 0.3 is 0 Å². The van der Waals surface area contributed by atoms with Crippen LogP contribution in [0.1, 0.15) is 36.5 Å². The number of ether oxygens (including phenoxy) is 1. The molecule has 150 valence electrons. The highest BCUT2D eigenvalue weighted by molar-refractivity contribution is 5.78. The molecular formula is C23H31N3O2. The van der Waals surface area contributed by atoms with Gasteiger partial charge in [0.15, 0.2) is 0 Å². The van der Waals surface area contributed by atoms with Crippen LogP contribution < -0.4 is 11.1 Å². The van der Waals surface area contributed by atoms with Crippen LogP contribution >= 0.6 is 0 Å². The lowest BCUT2D eigenvalue weighted by atomic mass is 9.95. The van der Waals surface area contributed by atoms with Gasteiger partial charge < -0.3 is 15.8 Å². The van der Waals surface area contributed by atoms with Crippen LogP contribution in [0.3, 0.4) is 0 Å². The standard InChI is InChI=1S/C23H31N3O2/c1-17(2)28-16-19-8-6-7-18(11-19)12-25-23(27)15-26-13-21(22(24)14-26)20-9-4-3-5-10-20/h3-11,17,21-22H,12-16,24H2,1-2H3,(H,25,27)/t21-,22+/m0/s1. The number of nitrogens with two attached hydrogens (primary N) is 1. The van der Waals surface area contributed by atoms with Gasteiger partial charge in [0.1, 0.15) is 0 Å². The van der Waals surface area contributed by atoms with Crippen LogP contribution in [0.5, 0.6) is 0 Å². The molecule has 0 radical (unpaired) electrons. The predicted molar refractivity (Wildman–Crippen MR) is 112 cm³/mol. The van der Waals surface area contributed by atoms with E-state index in [9.17, 15) is 4.79 Å². The average molecular weight is 382 g/mol. The number of rotatable bonds is 8. The lowest BCUT2D eigenvalue weighted by molar-refractivity contribution is -0.122. The Morgan fingerprint density at radius 1 is 1.14 bits per heavy atom. The third-order valence-electron chi connectivity index (χ3n) is 5.10. The van der Waals surface area contributed by atoms with Crippen LogP contribution in [0, 0.1) is 0 Å². The third kappa shape index (κ3) is 5.89. The summed E-state index contributed by atoms with van der Waals surface area (Å²) in [5, 5.41) is 3.03. The van der Waals surface area contributed by atoms with Gasteiger partial charge in [-0.05, 0) is 30.5 Å². The van der Waals surface area contributed by atoms with Crippen molar-refractivity contribution in [2.45, 2.75) is 45.1 Å². The number of nitrogens with zero attached hydrogens (tertiary/aromatic N) is 1. The van der Waals surface area contributed by atoms with E-state index in [-0.39, 0.29) is 24.0 Å². The molecule has 0 unspecified atom stereocenters. The minimum atomic E-state index is 0.0322. The van der Waals surface area contributed by atoms with E-state index in [2.05, 4.69) is 28.4 Å². The summed E-state index contributed by atoms with van der Waals surface area (Å²) in [6, 6.07) is 18.5. The van der Waals surface area contributed by atoms with Crippen molar-refractivity contribution in [3.05, 3.63) is 71.3 Å². The highest BCUT2D eigenvalue weighted by Crippen LogP contribution is 2.25. The maximum absolute atomic E-state index is 12.4. The Morgan fingerprint density at radius 3 is 2.64 bits per heavy atom. The van der Waals surface area contributed by atoms with Gasteiger partial charge in [-0.2, -0.15) is 0 Å². The van der Waals surface area contributed by atoms with E-state index in [0.29, 0.717) is 19.7 Å². The molecular weight excluding hydrogens is 350 g/mol. The molecule has 0 spiro atoms. The van der Waals surface area contributed by atoms with Crippen molar-refractivity contribution in [1.29, 1.82) is 0 Å². The Balaban J connectivity index is 1.47. The third-order valence-corrected chi connectivity index (χ3v) is 5.10. The molecule has 1 aliphatic heterocycles. The summed E-state index contributed by atoms with van der Waals surface area (Å²) in [6.45, 7) is 7.11. The van der Waals surface area contributed by atoms with Gasteiger partial charge in [-0.25, -0.2) is 0 Å². The molecule has 2 aromatic carbocycles. The molecule has 1 fully saturated rings. The quantitative estimate of drug-likeness (QED) is 0.738. The first-order chi connectivity index (χ1) is 13.5. The number of nitrogens with one attached hydrogen (secondary N) is 1. The summed E-state index contributed by atoms with van der Waals surface area (Å²) >= 11 is 0.